The molecule has 1 unspecified atom stereocenters. The summed E-state index contributed by atoms with van der Waals surface area (Å²) in [4.78, 5) is 11.1. The van der Waals surface area contributed by atoms with Gasteiger partial charge in [-0.1, -0.05) is 44.2 Å². The van der Waals surface area contributed by atoms with Crippen LogP contribution < -0.4 is 5.32 Å². The van der Waals surface area contributed by atoms with E-state index in [1.807, 2.05) is 18.2 Å². The molecule has 4 heteroatoms. The Bertz CT molecular complexity index is 755. The van der Waals surface area contributed by atoms with Crippen molar-refractivity contribution in [3.05, 3.63) is 59.4 Å². The molecule has 0 fully saturated rings. The summed E-state index contributed by atoms with van der Waals surface area (Å²) < 4.78 is 13.4. The summed E-state index contributed by atoms with van der Waals surface area (Å²) >= 11 is 0. The number of benzene rings is 2. The van der Waals surface area contributed by atoms with E-state index in [2.05, 4.69) is 25.2 Å². The summed E-state index contributed by atoms with van der Waals surface area (Å²) in [6.45, 7) is 4.16. The number of halogens is 1. The Kier molecular flexibility index (Phi) is 3.84. The monoisotopic (exact) mass is 313 g/mol. The van der Waals surface area contributed by atoms with Crippen LogP contribution in [0.15, 0.2) is 42.5 Å². The Morgan fingerprint density at radius 2 is 1.96 bits per heavy atom. The molecule has 2 aromatic carbocycles. The SMILES string of the molecule is CC1(C)CCc2cc(-c3cccc(F)c3)ccc2C1NC(=O)O. The number of carboxylic acid groups (broad SMARTS) is 1. The minimum Gasteiger partial charge on any atom is -0.465 e. The van der Waals surface area contributed by atoms with Crippen LogP contribution in [0.3, 0.4) is 0 Å². The van der Waals surface area contributed by atoms with Gasteiger partial charge in [0.25, 0.3) is 0 Å². The first-order valence-corrected chi connectivity index (χ1v) is 7.75. The fraction of sp³-hybridized carbons (Fsp3) is 0.316. The second kappa shape index (κ2) is 5.69. The Morgan fingerprint density at radius 3 is 2.65 bits per heavy atom. The number of fused-ring (bicyclic) bond motifs is 1. The van der Waals surface area contributed by atoms with Crippen molar-refractivity contribution in [3.63, 3.8) is 0 Å². The Labute approximate surface area is 135 Å². The van der Waals surface area contributed by atoms with Gasteiger partial charge in [0.1, 0.15) is 5.82 Å². The van der Waals surface area contributed by atoms with Crippen molar-refractivity contribution in [1.82, 2.24) is 5.32 Å². The van der Waals surface area contributed by atoms with Crippen LogP contribution in [0.2, 0.25) is 0 Å². The van der Waals surface area contributed by atoms with Gasteiger partial charge in [-0.15, -0.1) is 0 Å². The predicted octanol–water partition coefficient (Wildman–Crippen LogP) is 4.77. The number of aryl methyl sites for hydroxylation is 1. The van der Waals surface area contributed by atoms with E-state index in [1.165, 1.54) is 12.1 Å². The Balaban J connectivity index is 2.02. The van der Waals surface area contributed by atoms with E-state index in [0.29, 0.717) is 0 Å². The fourth-order valence-corrected chi connectivity index (χ4v) is 3.37. The van der Waals surface area contributed by atoms with Gasteiger partial charge in [-0.05, 0) is 52.6 Å². The van der Waals surface area contributed by atoms with Crippen LogP contribution >= 0.6 is 0 Å². The lowest BCUT2D eigenvalue weighted by Crippen LogP contribution is -2.40. The first kappa shape index (κ1) is 15.5. The van der Waals surface area contributed by atoms with E-state index in [9.17, 15) is 9.18 Å². The van der Waals surface area contributed by atoms with Crippen LogP contribution in [0.4, 0.5) is 9.18 Å². The quantitative estimate of drug-likeness (QED) is 0.838. The zero-order chi connectivity index (χ0) is 16.6. The van der Waals surface area contributed by atoms with E-state index >= 15 is 0 Å². The van der Waals surface area contributed by atoms with Gasteiger partial charge in [0.15, 0.2) is 0 Å². The molecule has 2 N–H and O–H groups in total. The van der Waals surface area contributed by atoms with E-state index in [4.69, 9.17) is 5.11 Å². The smallest absolute Gasteiger partial charge is 0.405 e. The van der Waals surface area contributed by atoms with Gasteiger partial charge in [-0.25, -0.2) is 9.18 Å². The molecular weight excluding hydrogens is 293 g/mol. The topological polar surface area (TPSA) is 49.3 Å². The number of amides is 1. The van der Waals surface area contributed by atoms with Gasteiger partial charge in [-0.3, -0.25) is 0 Å². The van der Waals surface area contributed by atoms with Crippen LogP contribution in [-0.2, 0) is 6.42 Å². The molecule has 2 aromatic rings. The number of carbonyl (C=O) groups is 1. The minimum absolute atomic E-state index is 0.133. The summed E-state index contributed by atoms with van der Waals surface area (Å²) in [5.74, 6) is -0.258. The zero-order valence-corrected chi connectivity index (χ0v) is 13.3. The predicted molar refractivity (Wildman–Crippen MR) is 87.8 cm³/mol. The van der Waals surface area contributed by atoms with Crippen LogP contribution in [0.5, 0.6) is 0 Å². The molecule has 3 rings (SSSR count). The maximum atomic E-state index is 13.4. The standard InChI is InChI=1S/C19H20FNO2/c1-19(2)9-8-14-10-13(12-4-3-5-15(20)11-12)6-7-16(14)17(19)21-18(22)23/h3-7,10-11,17,21H,8-9H2,1-2H3,(H,22,23). The molecule has 0 radical (unpaired) electrons. The van der Waals surface area contributed by atoms with Gasteiger partial charge < -0.3 is 10.4 Å². The van der Waals surface area contributed by atoms with Crippen molar-refractivity contribution in [2.24, 2.45) is 5.41 Å². The van der Waals surface area contributed by atoms with Crippen LogP contribution in [0.1, 0.15) is 37.4 Å². The normalized spacial score (nSPS) is 19.0. The molecule has 0 saturated heterocycles. The van der Waals surface area contributed by atoms with Crippen molar-refractivity contribution in [2.45, 2.75) is 32.7 Å². The summed E-state index contributed by atoms with van der Waals surface area (Å²) in [5.41, 5.74) is 3.80. The number of rotatable bonds is 2. The Morgan fingerprint density at radius 1 is 1.22 bits per heavy atom. The highest BCUT2D eigenvalue weighted by Gasteiger charge is 2.36. The Hall–Kier alpha value is -2.36. The number of hydrogen-bond donors (Lipinski definition) is 2. The first-order chi connectivity index (χ1) is 10.9. The maximum Gasteiger partial charge on any atom is 0.405 e. The third-order valence-electron chi connectivity index (χ3n) is 4.70. The van der Waals surface area contributed by atoms with Crippen molar-refractivity contribution in [3.8, 4) is 11.1 Å². The molecule has 0 aromatic heterocycles. The summed E-state index contributed by atoms with van der Waals surface area (Å²) in [7, 11) is 0. The van der Waals surface area contributed by atoms with Gasteiger partial charge in [-0.2, -0.15) is 0 Å². The van der Waals surface area contributed by atoms with Crippen molar-refractivity contribution in [2.75, 3.05) is 0 Å². The zero-order valence-electron chi connectivity index (χ0n) is 13.3. The highest BCUT2D eigenvalue weighted by atomic mass is 19.1. The van der Waals surface area contributed by atoms with E-state index in [-0.39, 0.29) is 17.3 Å². The minimum atomic E-state index is -1.01. The molecule has 0 spiro atoms. The molecule has 120 valence electrons. The van der Waals surface area contributed by atoms with Crippen LogP contribution in [0, 0.1) is 11.2 Å². The highest BCUT2D eigenvalue weighted by Crippen LogP contribution is 2.44. The van der Waals surface area contributed by atoms with Crippen LogP contribution in [-0.4, -0.2) is 11.2 Å². The molecule has 1 atom stereocenters. The van der Waals surface area contributed by atoms with Gasteiger partial charge in [0.05, 0.1) is 6.04 Å². The van der Waals surface area contributed by atoms with Crippen molar-refractivity contribution >= 4 is 6.09 Å². The van der Waals surface area contributed by atoms with Crippen molar-refractivity contribution < 1.29 is 14.3 Å². The molecule has 0 bridgehead atoms. The summed E-state index contributed by atoms with van der Waals surface area (Å²) in [5, 5.41) is 11.8. The molecule has 0 aliphatic heterocycles. The molecule has 1 aliphatic rings. The highest BCUT2D eigenvalue weighted by molar-refractivity contribution is 5.68. The summed E-state index contributed by atoms with van der Waals surface area (Å²) in [6.07, 6.45) is 0.783. The molecule has 0 saturated carbocycles. The van der Waals surface area contributed by atoms with Gasteiger partial charge in [0, 0.05) is 0 Å². The second-order valence-electron chi connectivity index (χ2n) is 6.80. The van der Waals surface area contributed by atoms with Crippen LogP contribution in [0.25, 0.3) is 11.1 Å². The van der Waals surface area contributed by atoms with Gasteiger partial charge in [0.2, 0.25) is 0 Å². The molecule has 23 heavy (non-hydrogen) atoms. The molecule has 0 heterocycles. The van der Waals surface area contributed by atoms with E-state index in [0.717, 1.165) is 35.1 Å². The third kappa shape index (κ3) is 3.07. The molecule has 1 amide bonds. The van der Waals surface area contributed by atoms with E-state index < -0.39 is 6.09 Å². The van der Waals surface area contributed by atoms with Crippen molar-refractivity contribution in [1.29, 1.82) is 0 Å². The summed E-state index contributed by atoms with van der Waals surface area (Å²) in [6, 6.07) is 12.2. The second-order valence-corrected chi connectivity index (χ2v) is 6.80. The molecular formula is C19H20FNO2. The lowest BCUT2D eigenvalue weighted by Gasteiger charge is -2.40. The lowest BCUT2D eigenvalue weighted by atomic mass is 9.70. The average Bonchev–Trinajstić information content (AvgIpc) is 2.49. The lowest BCUT2D eigenvalue weighted by molar-refractivity contribution is 0.161. The maximum absolute atomic E-state index is 13.4. The average molecular weight is 313 g/mol. The largest absolute Gasteiger partial charge is 0.465 e. The third-order valence-corrected chi connectivity index (χ3v) is 4.70. The number of nitrogens with one attached hydrogen (secondary N) is 1. The first-order valence-electron chi connectivity index (χ1n) is 7.75. The fourth-order valence-electron chi connectivity index (χ4n) is 3.37. The number of hydrogen-bond acceptors (Lipinski definition) is 1. The molecule has 1 aliphatic carbocycles. The van der Waals surface area contributed by atoms with E-state index in [1.54, 1.807) is 6.07 Å². The van der Waals surface area contributed by atoms with Gasteiger partial charge >= 0.3 is 6.09 Å². The molecule has 3 nitrogen and oxygen atoms in total.